The van der Waals surface area contributed by atoms with E-state index in [0.29, 0.717) is 6.42 Å². The van der Waals surface area contributed by atoms with Crippen LogP contribution in [0.15, 0.2) is 0 Å². The molecule has 4 N–H and O–H groups in total. The van der Waals surface area contributed by atoms with Crippen molar-refractivity contribution in [3.8, 4) is 0 Å². The van der Waals surface area contributed by atoms with Crippen LogP contribution in [-0.4, -0.2) is 51.6 Å². The van der Waals surface area contributed by atoms with Gasteiger partial charge in [-0.15, -0.1) is 0 Å². The molecule has 0 fully saturated rings. The Morgan fingerprint density at radius 2 is 1.75 bits per heavy atom. The third-order valence-corrected chi connectivity index (χ3v) is 1.91. The van der Waals surface area contributed by atoms with Gasteiger partial charge in [-0.05, 0) is 27.2 Å². The van der Waals surface area contributed by atoms with Gasteiger partial charge in [0.2, 0.25) is 0 Å². The lowest BCUT2D eigenvalue weighted by atomic mass is 10.1. The summed E-state index contributed by atoms with van der Waals surface area (Å²) in [5, 5.41) is 34.4. The van der Waals surface area contributed by atoms with Crippen molar-refractivity contribution < 1.29 is 25.2 Å². The quantitative estimate of drug-likeness (QED) is 0.498. The Morgan fingerprint density at radius 3 is 1.94 bits per heavy atom. The van der Waals surface area contributed by atoms with E-state index in [-0.39, 0.29) is 25.7 Å². The van der Waals surface area contributed by atoms with E-state index in [1.165, 1.54) is 0 Å². The maximum Gasteiger partial charge on any atom is 0.157 e. The summed E-state index contributed by atoms with van der Waals surface area (Å²) in [5.41, 5.74) is -0.861. The number of hydrogen-bond donors (Lipinski definition) is 4. The minimum atomic E-state index is -0.861. The molecule has 0 aromatic rings. The van der Waals surface area contributed by atoms with Crippen molar-refractivity contribution >= 4 is 0 Å². The first-order chi connectivity index (χ1) is 7.29. The maximum absolute atomic E-state index is 8.88. The summed E-state index contributed by atoms with van der Waals surface area (Å²) in [7, 11) is 0. The lowest BCUT2D eigenvalue weighted by Crippen LogP contribution is -2.27. The Hall–Kier alpha value is -0.200. The zero-order valence-electron chi connectivity index (χ0n) is 10.7. The second kappa shape index (κ2) is 9.99. The molecule has 0 saturated carbocycles. The fraction of sp³-hybridized carbons (Fsp3) is 1.00. The highest BCUT2D eigenvalue weighted by atomic mass is 16.6. The van der Waals surface area contributed by atoms with Crippen LogP contribution in [-0.2, 0) is 4.74 Å². The lowest BCUT2D eigenvalue weighted by Gasteiger charge is -2.16. The molecule has 0 heterocycles. The largest absolute Gasteiger partial charge is 0.396 e. The minimum absolute atomic E-state index is 0.0200. The molecule has 0 aromatic carbocycles. The van der Waals surface area contributed by atoms with Crippen molar-refractivity contribution in [2.45, 2.75) is 58.5 Å². The third-order valence-electron chi connectivity index (χ3n) is 1.91. The van der Waals surface area contributed by atoms with E-state index in [0.717, 1.165) is 0 Å². The summed E-state index contributed by atoms with van der Waals surface area (Å²) < 4.78 is 4.89. The van der Waals surface area contributed by atoms with Crippen LogP contribution < -0.4 is 0 Å². The molecule has 2 unspecified atom stereocenters. The van der Waals surface area contributed by atoms with Gasteiger partial charge in [-0.25, -0.2) is 0 Å². The fourth-order valence-corrected chi connectivity index (χ4v) is 0.604. The van der Waals surface area contributed by atoms with Crippen LogP contribution in [0.2, 0.25) is 0 Å². The SMILES string of the molecule is CC(C)OC(O)CCO.CCC(C)(O)CO. The van der Waals surface area contributed by atoms with Gasteiger partial charge in [0, 0.05) is 13.0 Å². The van der Waals surface area contributed by atoms with E-state index in [1.807, 2.05) is 20.8 Å². The predicted molar refractivity (Wildman–Crippen MR) is 61.9 cm³/mol. The fourth-order valence-electron chi connectivity index (χ4n) is 0.604. The van der Waals surface area contributed by atoms with Gasteiger partial charge in [0.05, 0.1) is 18.3 Å². The molecular formula is C11H26O5. The lowest BCUT2D eigenvalue weighted by molar-refractivity contribution is -0.133. The highest BCUT2D eigenvalue weighted by molar-refractivity contribution is 4.66. The summed E-state index contributed by atoms with van der Waals surface area (Å²) in [5.74, 6) is 0. The third kappa shape index (κ3) is 13.8. The van der Waals surface area contributed by atoms with Gasteiger partial charge in [-0.3, -0.25) is 0 Å². The maximum atomic E-state index is 8.88. The van der Waals surface area contributed by atoms with Gasteiger partial charge < -0.3 is 25.2 Å². The first kappa shape index (κ1) is 18.2. The van der Waals surface area contributed by atoms with E-state index in [2.05, 4.69) is 0 Å². The number of hydrogen-bond acceptors (Lipinski definition) is 5. The topological polar surface area (TPSA) is 90.2 Å². The van der Waals surface area contributed by atoms with Crippen LogP contribution in [0.3, 0.4) is 0 Å². The van der Waals surface area contributed by atoms with Gasteiger partial charge >= 0.3 is 0 Å². The molecule has 100 valence electrons. The molecule has 0 aliphatic heterocycles. The Balaban J connectivity index is 0. The monoisotopic (exact) mass is 238 g/mol. The van der Waals surface area contributed by atoms with E-state index >= 15 is 0 Å². The Bertz CT molecular complexity index is 141. The van der Waals surface area contributed by atoms with Crippen LogP contribution in [0, 0.1) is 0 Å². The summed E-state index contributed by atoms with van der Waals surface area (Å²) in [6.45, 7) is 6.92. The Kier molecular flexibility index (Phi) is 11.3. The summed E-state index contributed by atoms with van der Waals surface area (Å²) in [6, 6.07) is 0. The minimum Gasteiger partial charge on any atom is -0.396 e. The molecule has 0 rings (SSSR count). The zero-order chi connectivity index (χ0) is 13.2. The molecule has 0 saturated heterocycles. The molecule has 5 heteroatoms. The van der Waals surface area contributed by atoms with Gasteiger partial charge in [0.1, 0.15) is 0 Å². The highest BCUT2D eigenvalue weighted by Gasteiger charge is 2.13. The molecule has 5 nitrogen and oxygen atoms in total. The second-order valence-corrected chi connectivity index (χ2v) is 4.16. The van der Waals surface area contributed by atoms with Crippen LogP contribution in [0.4, 0.5) is 0 Å². The molecule has 0 aliphatic carbocycles. The van der Waals surface area contributed by atoms with Crippen LogP contribution in [0.25, 0.3) is 0 Å². The van der Waals surface area contributed by atoms with Crippen molar-refractivity contribution in [1.29, 1.82) is 0 Å². The molecule has 2 atom stereocenters. The molecule has 0 spiro atoms. The van der Waals surface area contributed by atoms with E-state index < -0.39 is 11.9 Å². The molecule has 0 bridgehead atoms. The van der Waals surface area contributed by atoms with Crippen molar-refractivity contribution in [2.75, 3.05) is 13.2 Å². The molecule has 0 radical (unpaired) electrons. The van der Waals surface area contributed by atoms with Gasteiger partial charge in [-0.2, -0.15) is 0 Å². The van der Waals surface area contributed by atoms with Crippen LogP contribution >= 0.6 is 0 Å². The predicted octanol–water partition coefficient (Wildman–Crippen LogP) is 0.252. The van der Waals surface area contributed by atoms with Crippen LogP contribution in [0.1, 0.15) is 40.5 Å². The van der Waals surface area contributed by atoms with E-state index in [9.17, 15) is 0 Å². The summed E-state index contributed by atoms with van der Waals surface area (Å²) >= 11 is 0. The Labute approximate surface area is 97.7 Å². The molecule has 0 aromatic heterocycles. The molecular weight excluding hydrogens is 212 g/mol. The molecule has 0 amide bonds. The highest BCUT2D eigenvalue weighted by Crippen LogP contribution is 2.04. The van der Waals surface area contributed by atoms with Crippen molar-refractivity contribution in [3.63, 3.8) is 0 Å². The van der Waals surface area contributed by atoms with Gasteiger partial charge in [-0.1, -0.05) is 6.92 Å². The zero-order valence-corrected chi connectivity index (χ0v) is 10.7. The number of aliphatic hydroxyl groups excluding tert-OH is 3. The average Bonchev–Trinajstić information content (AvgIpc) is 2.18. The van der Waals surface area contributed by atoms with Crippen LogP contribution in [0.5, 0.6) is 0 Å². The molecule has 16 heavy (non-hydrogen) atoms. The summed E-state index contributed by atoms with van der Waals surface area (Å²) in [4.78, 5) is 0. The first-order valence-corrected chi connectivity index (χ1v) is 5.56. The van der Waals surface area contributed by atoms with Crippen molar-refractivity contribution in [1.82, 2.24) is 0 Å². The number of rotatable bonds is 6. The van der Waals surface area contributed by atoms with Crippen molar-refractivity contribution in [3.05, 3.63) is 0 Å². The Morgan fingerprint density at radius 1 is 1.25 bits per heavy atom. The number of aliphatic hydroxyl groups is 4. The van der Waals surface area contributed by atoms with Gasteiger partial charge in [0.15, 0.2) is 6.29 Å². The first-order valence-electron chi connectivity index (χ1n) is 5.56. The standard InChI is InChI=1S/C6H14O3.C5H12O2/c1-5(2)9-6(8)3-4-7;1-3-5(2,7)4-6/h5-8H,3-4H2,1-2H3;6-7H,3-4H2,1-2H3. The van der Waals surface area contributed by atoms with Gasteiger partial charge in [0.25, 0.3) is 0 Å². The van der Waals surface area contributed by atoms with E-state index in [1.54, 1.807) is 6.92 Å². The average molecular weight is 238 g/mol. The normalized spacial score (nSPS) is 16.3. The van der Waals surface area contributed by atoms with Crippen molar-refractivity contribution in [2.24, 2.45) is 0 Å². The second-order valence-electron chi connectivity index (χ2n) is 4.16. The smallest absolute Gasteiger partial charge is 0.157 e. The number of ether oxygens (including phenoxy) is 1. The summed E-state index contributed by atoms with van der Waals surface area (Å²) in [6.07, 6.45) is 0.100. The molecule has 0 aliphatic rings. The van der Waals surface area contributed by atoms with E-state index in [4.69, 9.17) is 25.2 Å².